The fraction of sp³-hybridized carbons (Fsp3) is 1.00. The average molecular weight is 134 g/mol. The van der Waals surface area contributed by atoms with Crippen molar-refractivity contribution in [3.05, 3.63) is 0 Å². The van der Waals surface area contributed by atoms with Gasteiger partial charge in [-0.05, 0) is 0 Å². The molecular formula is C4H6F3LiO. The second-order valence-corrected chi connectivity index (χ2v) is 1.42. The van der Waals surface area contributed by atoms with E-state index in [0.717, 1.165) is 0 Å². The van der Waals surface area contributed by atoms with E-state index in [-0.39, 0.29) is 25.3 Å². The van der Waals surface area contributed by atoms with E-state index in [1.807, 2.05) is 0 Å². The van der Waals surface area contributed by atoms with Gasteiger partial charge in [0.2, 0.25) is 0 Å². The van der Waals surface area contributed by atoms with E-state index in [1.54, 1.807) is 0 Å². The van der Waals surface area contributed by atoms with Crippen LogP contribution in [0.5, 0.6) is 0 Å². The predicted molar refractivity (Wildman–Crippen MR) is 20.2 cm³/mol. The molecular weight excluding hydrogens is 128 g/mol. The van der Waals surface area contributed by atoms with Crippen molar-refractivity contribution in [2.24, 2.45) is 0 Å². The molecule has 0 aliphatic carbocycles. The first-order valence-corrected chi connectivity index (χ1v) is 2.21. The van der Waals surface area contributed by atoms with Crippen LogP contribution < -0.4 is 24.0 Å². The fourth-order valence-corrected chi connectivity index (χ4v) is 0.273. The van der Waals surface area contributed by atoms with Gasteiger partial charge in [-0.1, -0.05) is 6.42 Å². The van der Waals surface area contributed by atoms with Crippen LogP contribution in [0.4, 0.5) is 13.2 Å². The minimum Gasteiger partial charge on any atom is -0.854 e. The standard InChI is InChI=1S/C4H6F3O.Li/c5-4(6,7)2-1-3-8;/h1-3H2;/q-1;+1. The molecule has 0 aromatic rings. The third-order valence-corrected chi connectivity index (χ3v) is 0.605. The van der Waals surface area contributed by atoms with Gasteiger partial charge in [0, 0.05) is 6.42 Å². The Morgan fingerprint density at radius 1 is 1.22 bits per heavy atom. The zero-order chi connectivity index (χ0) is 6.62. The van der Waals surface area contributed by atoms with Crippen LogP contribution in [0.15, 0.2) is 0 Å². The van der Waals surface area contributed by atoms with Crippen molar-refractivity contribution in [2.45, 2.75) is 19.0 Å². The van der Waals surface area contributed by atoms with Crippen molar-refractivity contribution < 1.29 is 37.1 Å². The van der Waals surface area contributed by atoms with Crippen molar-refractivity contribution in [2.75, 3.05) is 6.61 Å². The zero-order valence-corrected chi connectivity index (χ0v) is 5.16. The number of hydrogen-bond acceptors (Lipinski definition) is 1. The van der Waals surface area contributed by atoms with Gasteiger partial charge in [-0.25, -0.2) is 0 Å². The average Bonchev–Trinajstić information content (AvgIpc) is 1.59. The maximum Gasteiger partial charge on any atom is 1.00 e. The molecule has 0 amide bonds. The Balaban J connectivity index is 0. The number of rotatable bonds is 2. The van der Waals surface area contributed by atoms with E-state index in [0.29, 0.717) is 0 Å². The summed E-state index contributed by atoms with van der Waals surface area (Å²) in [6, 6.07) is 0. The molecule has 0 aliphatic rings. The monoisotopic (exact) mass is 134 g/mol. The molecule has 0 bridgehead atoms. The summed E-state index contributed by atoms with van der Waals surface area (Å²) in [4.78, 5) is 0. The van der Waals surface area contributed by atoms with E-state index in [2.05, 4.69) is 0 Å². The number of hydrogen-bond donors (Lipinski definition) is 0. The van der Waals surface area contributed by atoms with Crippen LogP contribution in [0.1, 0.15) is 12.8 Å². The molecule has 0 radical (unpaired) electrons. The van der Waals surface area contributed by atoms with E-state index in [9.17, 15) is 18.3 Å². The SMILES string of the molecule is [Li+].[O-]CCCC(F)(F)F. The van der Waals surface area contributed by atoms with Gasteiger partial charge in [0.25, 0.3) is 0 Å². The molecule has 1 nitrogen and oxygen atoms in total. The van der Waals surface area contributed by atoms with E-state index < -0.39 is 19.2 Å². The normalized spacial score (nSPS) is 10.7. The van der Waals surface area contributed by atoms with Gasteiger partial charge < -0.3 is 5.11 Å². The third-order valence-electron chi connectivity index (χ3n) is 0.605. The summed E-state index contributed by atoms with van der Waals surface area (Å²) in [7, 11) is 0. The van der Waals surface area contributed by atoms with Crippen molar-refractivity contribution >= 4 is 0 Å². The summed E-state index contributed by atoms with van der Waals surface area (Å²) in [5, 5.41) is 9.48. The molecule has 0 aliphatic heterocycles. The number of halogens is 3. The maximum absolute atomic E-state index is 11.1. The third kappa shape index (κ3) is 11.8. The van der Waals surface area contributed by atoms with Crippen LogP contribution in [0.2, 0.25) is 0 Å². The van der Waals surface area contributed by atoms with E-state index in [4.69, 9.17) is 0 Å². The summed E-state index contributed by atoms with van der Waals surface area (Å²) in [5.41, 5.74) is 0. The van der Waals surface area contributed by atoms with Crippen LogP contribution >= 0.6 is 0 Å². The first-order chi connectivity index (χ1) is 3.56. The summed E-state index contributed by atoms with van der Waals surface area (Å²) in [6.45, 7) is -0.639. The second-order valence-electron chi connectivity index (χ2n) is 1.42. The Morgan fingerprint density at radius 3 is 1.78 bits per heavy atom. The smallest absolute Gasteiger partial charge is 0.854 e. The van der Waals surface area contributed by atoms with Gasteiger partial charge in [-0.2, -0.15) is 13.2 Å². The van der Waals surface area contributed by atoms with Crippen LogP contribution in [0, 0.1) is 0 Å². The Hall–Kier alpha value is 0.347. The van der Waals surface area contributed by atoms with Gasteiger partial charge in [-0.15, -0.1) is 6.61 Å². The Labute approximate surface area is 63.4 Å². The molecule has 0 aromatic carbocycles. The molecule has 5 heteroatoms. The minimum atomic E-state index is -4.15. The number of alkyl halides is 3. The van der Waals surface area contributed by atoms with Crippen LogP contribution in [-0.4, -0.2) is 12.8 Å². The largest absolute Gasteiger partial charge is 1.00 e. The summed E-state index contributed by atoms with van der Waals surface area (Å²) in [6.07, 6.45) is -5.40. The first-order valence-electron chi connectivity index (χ1n) is 2.21. The predicted octanol–water partition coefficient (Wildman–Crippen LogP) is -2.31. The molecule has 50 valence electrons. The van der Waals surface area contributed by atoms with Crippen LogP contribution in [0.25, 0.3) is 0 Å². The second kappa shape index (κ2) is 5.16. The molecule has 0 spiro atoms. The summed E-state index contributed by atoms with van der Waals surface area (Å²) in [5.74, 6) is 0. The van der Waals surface area contributed by atoms with Crippen LogP contribution in [-0.2, 0) is 0 Å². The Kier molecular flexibility index (Phi) is 6.91. The summed E-state index contributed by atoms with van der Waals surface area (Å²) < 4.78 is 33.3. The van der Waals surface area contributed by atoms with Gasteiger partial charge in [0.05, 0.1) is 0 Å². The maximum atomic E-state index is 11.1. The molecule has 9 heavy (non-hydrogen) atoms. The molecule has 0 aromatic heterocycles. The molecule has 0 atom stereocenters. The molecule has 0 rings (SSSR count). The molecule has 0 fully saturated rings. The van der Waals surface area contributed by atoms with E-state index >= 15 is 0 Å². The van der Waals surface area contributed by atoms with E-state index in [1.165, 1.54) is 0 Å². The van der Waals surface area contributed by atoms with Gasteiger partial charge in [-0.3, -0.25) is 0 Å². The summed E-state index contributed by atoms with van der Waals surface area (Å²) >= 11 is 0. The molecule has 0 unspecified atom stereocenters. The van der Waals surface area contributed by atoms with Crippen molar-refractivity contribution in [3.8, 4) is 0 Å². The van der Waals surface area contributed by atoms with Crippen LogP contribution in [0.3, 0.4) is 0 Å². The Bertz CT molecular complexity index is 63.3. The first kappa shape index (κ1) is 12.1. The van der Waals surface area contributed by atoms with Crippen molar-refractivity contribution in [1.82, 2.24) is 0 Å². The molecule has 0 heterocycles. The van der Waals surface area contributed by atoms with Crippen molar-refractivity contribution in [1.29, 1.82) is 0 Å². The molecule has 0 saturated carbocycles. The molecule has 0 saturated heterocycles. The molecule has 0 N–H and O–H groups in total. The topological polar surface area (TPSA) is 23.1 Å². The van der Waals surface area contributed by atoms with Gasteiger partial charge >= 0.3 is 25.0 Å². The quantitative estimate of drug-likeness (QED) is 0.389. The van der Waals surface area contributed by atoms with Gasteiger partial charge in [0.1, 0.15) is 0 Å². The zero-order valence-electron chi connectivity index (χ0n) is 5.16. The van der Waals surface area contributed by atoms with Crippen molar-refractivity contribution in [3.63, 3.8) is 0 Å². The fourth-order valence-electron chi connectivity index (χ4n) is 0.273. The minimum absolute atomic E-state index is 0. The van der Waals surface area contributed by atoms with Gasteiger partial charge in [0.15, 0.2) is 0 Å². The Morgan fingerprint density at radius 2 is 1.67 bits per heavy atom.